The summed E-state index contributed by atoms with van der Waals surface area (Å²) in [4.78, 5) is 24.1. The van der Waals surface area contributed by atoms with Crippen molar-refractivity contribution in [1.82, 2.24) is 5.43 Å². The van der Waals surface area contributed by atoms with Crippen molar-refractivity contribution in [3.8, 4) is 11.8 Å². The largest absolute Gasteiger partial charge is 0.489 e. The number of rotatable bonds is 7. The SMILES string of the molecule is CC(=NNC(=O)C(=O)Nc1ccc(CC#N)cc1)c1ccc(OCc2ccc(C)cc2)cc1. The van der Waals surface area contributed by atoms with Gasteiger partial charge < -0.3 is 10.1 Å². The summed E-state index contributed by atoms with van der Waals surface area (Å²) < 4.78 is 5.80. The number of carbonyl (C=O) groups excluding carboxylic acids is 2. The number of amides is 2. The maximum absolute atomic E-state index is 12.1. The van der Waals surface area contributed by atoms with Crippen LogP contribution in [-0.4, -0.2) is 17.5 Å². The lowest BCUT2D eigenvalue weighted by molar-refractivity contribution is -0.136. The Balaban J connectivity index is 1.50. The van der Waals surface area contributed by atoms with E-state index in [-0.39, 0.29) is 6.42 Å². The molecule has 166 valence electrons. The van der Waals surface area contributed by atoms with Crippen LogP contribution in [0.2, 0.25) is 0 Å². The van der Waals surface area contributed by atoms with E-state index in [4.69, 9.17) is 10.00 Å². The van der Waals surface area contributed by atoms with E-state index in [0.29, 0.717) is 18.0 Å². The maximum Gasteiger partial charge on any atom is 0.329 e. The highest BCUT2D eigenvalue weighted by Gasteiger charge is 2.13. The smallest absolute Gasteiger partial charge is 0.329 e. The summed E-state index contributed by atoms with van der Waals surface area (Å²) in [5.41, 5.74) is 7.16. The Morgan fingerprint density at radius 3 is 2.18 bits per heavy atom. The predicted octanol–water partition coefficient (Wildman–Crippen LogP) is 4.12. The van der Waals surface area contributed by atoms with Crippen molar-refractivity contribution in [3.05, 3.63) is 95.1 Å². The molecule has 33 heavy (non-hydrogen) atoms. The summed E-state index contributed by atoms with van der Waals surface area (Å²) in [6, 6.07) is 24.2. The van der Waals surface area contributed by atoms with Crippen LogP contribution in [0.4, 0.5) is 5.69 Å². The summed E-state index contributed by atoms with van der Waals surface area (Å²) in [7, 11) is 0. The van der Waals surface area contributed by atoms with E-state index < -0.39 is 11.8 Å². The van der Waals surface area contributed by atoms with Gasteiger partial charge in [0.05, 0.1) is 18.2 Å². The molecule has 3 aromatic rings. The number of hydrazone groups is 1. The Hall–Kier alpha value is -4.44. The monoisotopic (exact) mass is 440 g/mol. The number of nitrogens with one attached hydrogen (secondary N) is 2. The van der Waals surface area contributed by atoms with Crippen LogP contribution in [0.25, 0.3) is 0 Å². The molecular weight excluding hydrogens is 416 g/mol. The van der Waals surface area contributed by atoms with Crippen molar-refractivity contribution in [2.45, 2.75) is 26.9 Å². The lowest BCUT2D eigenvalue weighted by Crippen LogP contribution is -2.32. The molecule has 7 heteroatoms. The predicted molar refractivity (Wildman–Crippen MR) is 127 cm³/mol. The summed E-state index contributed by atoms with van der Waals surface area (Å²) in [5, 5.41) is 15.2. The molecule has 0 bridgehead atoms. The first-order valence-corrected chi connectivity index (χ1v) is 10.3. The Kier molecular flexibility index (Phi) is 7.92. The van der Waals surface area contributed by atoms with Crippen LogP contribution in [0.3, 0.4) is 0 Å². The van der Waals surface area contributed by atoms with Crippen molar-refractivity contribution in [1.29, 1.82) is 5.26 Å². The van der Waals surface area contributed by atoms with E-state index in [1.54, 1.807) is 31.2 Å². The molecule has 0 fully saturated rings. The lowest BCUT2D eigenvalue weighted by Gasteiger charge is -2.08. The van der Waals surface area contributed by atoms with Gasteiger partial charge in [-0.05, 0) is 66.9 Å². The molecule has 0 saturated carbocycles. The van der Waals surface area contributed by atoms with Gasteiger partial charge >= 0.3 is 11.8 Å². The molecule has 2 N–H and O–H groups in total. The molecule has 0 unspecified atom stereocenters. The average molecular weight is 441 g/mol. The average Bonchev–Trinajstić information content (AvgIpc) is 2.83. The second-order valence-electron chi connectivity index (χ2n) is 7.42. The minimum atomic E-state index is -0.881. The molecule has 2 amide bonds. The van der Waals surface area contributed by atoms with E-state index in [0.717, 1.165) is 22.4 Å². The van der Waals surface area contributed by atoms with Crippen molar-refractivity contribution >= 4 is 23.2 Å². The van der Waals surface area contributed by atoms with Crippen LogP contribution in [-0.2, 0) is 22.6 Å². The highest BCUT2D eigenvalue weighted by Crippen LogP contribution is 2.15. The first-order chi connectivity index (χ1) is 15.9. The number of ether oxygens (including phenoxy) is 1. The molecule has 3 rings (SSSR count). The number of anilines is 1. The molecule has 3 aromatic carbocycles. The van der Waals surface area contributed by atoms with E-state index in [1.165, 1.54) is 5.56 Å². The zero-order valence-electron chi connectivity index (χ0n) is 18.5. The first-order valence-electron chi connectivity index (χ1n) is 10.3. The molecule has 0 aliphatic rings. The molecule has 0 radical (unpaired) electrons. The topological polar surface area (TPSA) is 104 Å². The molecule has 7 nitrogen and oxygen atoms in total. The Morgan fingerprint density at radius 2 is 1.55 bits per heavy atom. The van der Waals surface area contributed by atoms with E-state index in [1.807, 2.05) is 61.5 Å². The van der Waals surface area contributed by atoms with Gasteiger partial charge in [-0.15, -0.1) is 0 Å². The molecule has 0 saturated heterocycles. The fourth-order valence-corrected chi connectivity index (χ4v) is 2.88. The number of nitriles is 1. The van der Waals surface area contributed by atoms with Crippen LogP contribution >= 0.6 is 0 Å². The number of nitrogens with zero attached hydrogens (tertiary/aromatic N) is 2. The first kappa shape index (κ1) is 23.2. The summed E-state index contributed by atoms with van der Waals surface area (Å²) in [6.07, 6.45) is 0.280. The molecule has 0 aromatic heterocycles. The van der Waals surface area contributed by atoms with Gasteiger partial charge in [0, 0.05) is 5.69 Å². The minimum Gasteiger partial charge on any atom is -0.489 e. The van der Waals surface area contributed by atoms with E-state index in [2.05, 4.69) is 15.8 Å². The van der Waals surface area contributed by atoms with Gasteiger partial charge in [0.25, 0.3) is 0 Å². The normalized spacial score (nSPS) is 10.8. The van der Waals surface area contributed by atoms with Crippen molar-refractivity contribution in [2.75, 3.05) is 5.32 Å². The number of carbonyl (C=O) groups is 2. The number of hydrogen-bond donors (Lipinski definition) is 2. The Labute approximate surface area is 192 Å². The molecular formula is C26H24N4O3. The molecule has 0 atom stereocenters. The second-order valence-corrected chi connectivity index (χ2v) is 7.42. The number of aryl methyl sites for hydroxylation is 1. The molecule has 0 aliphatic carbocycles. The molecule has 0 spiro atoms. The van der Waals surface area contributed by atoms with Gasteiger partial charge in [-0.2, -0.15) is 10.4 Å². The number of benzene rings is 3. The van der Waals surface area contributed by atoms with Crippen LogP contribution in [0.5, 0.6) is 5.75 Å². The lowest BCUT2D eigenvalue weighted by atomic mass is 10.1. The van der Waals surface area contributed by atoms with Crippen LogP contribution in [0, 0.1) is 18.3 Å². The summed E-state index contributed by atoms with van der Waals surface area (Å²) >= 11 is 0. The standard InChI is InChI=1S/C26H24N4O3/c1-18-3-5-21(6-4-18)17-33-24-13-9-22(10-14-24)19(2)29-30-26(32)25(31)28-23-11-7-20(8-12-23)15-16-27/h3-14H,15,17H2,1-2H3,(H,28,31)(H,30,32). The van der Waals surface area contributed by atoms with E-state index >= 15 is 0 Å². The summed E-state index contributed by atoms with van der Waals surface area (Å²) in [5.74, 6) is -0.996. The maximum atomic E-state index is 12.1. The van der Waals surface area contributed by atoms with Gasteiger partial charge in [-0.1, -0.05) is 42.0 Å². The van der Waals surface area contributed by atoms with Gasteiger partial charge in [0.2, 0.25) is 0 Å². The highest BCUT2D eigenvalue weighted by molar-refractivity contribution is 6.39. The van der Waals surface area contributed by atoms with Crippen LogP contribution < -0.4 is 15.5 Å². The zero-order valence-corrected chi connectivity index (χ0v) is 18.5. The highest BCUT2D eigenvalue weighted by atomic mass is 16.5. The fraction of sp³-hybridized carbons (Fsp3) is 0.154. The third-order valence-electron chi connectivity index (χ3n) is 4.82. The molecule has 0 heterocycles. The fourth-order valence-electron chi connectivity index (χ4n) is 2.88. The summed E-state index contributed by atoms with van der Waals surface area (Å²) in [6.45, 7) is 4.24. The van der Waals surface area contributed by atoms with Crippen molar-refractivity contribution in [2.24, 2.45) is 5.10 Å². The van der Waals surface area contributed by atoms with Crippen molar-refractivity contribution in [3.63, 3.8) is 0 Å². The van der Waals surface area contributed by atoms with Crippen LogP contribution in [0.1, 0.15) is 29.2 Å². The third kappa shape index (κ3) is 7.04. The van der Waals surface area contributed by atoms with Gasteiger partial charge in [-0.25, -0.2) is 5.43 Å². The van der Waals surface area contributed by atoms with Crippen LogP contribution in [0.15, 0.2) is 77.9 Å². The minimum absolute atomic E-state index is 0.280. The van der Waals surface area contributed by atoms with Crippen molar-refractivity contribution < 1.29 is 14.3 Å². The Morgan fingerprint density at radius 1 is 0.909 bits per heavy atom. The van der Waals surface area contributed by atoms with Gasteiger partial charge in [0.15, 0.2) is 0 Å². The Bertz CT molecular complexity index is 1180. The van der Waals surface area contributed by atoms with E-state index in [9.17, 15) is 9.59 Å². The number of hydrogen-bond acceptors (Lipinski definition) is 5. The zero-order chi connectivity index (χ0) is 23.6. The van der Waals surface area contributed by atoms with Gasteiger partial charge in [0.1, 0.15) is 12.4 Å². The van der Waals surface area contributed by atoms with Gasteiger partial charge in [-0.3, -0.25) is 9.59 Å². The third-order valence-corrected chi connectivity index (χ3v) is 4.82. The molecule has 0 aliphatic heterocycles. The quantitative estimate of drug-likeness (QED) is 0.328. The second kappa shape index (κ2) is 11.3.